The zero-order valence-corrected chi connectivity index (χ0v) is 11.5. The molecule has 0 aromatic carbocycles. The number of amides is 1. The molecule has 1 amide bonds. The van der Waals surface area contributed by atoms with Gasteiger partial charge in [-0.1, -0.05) is 0 Å². The van der Waals surface area contributed by atoms with Crippen LogP contribution in [0.3, 0.4) is 0 Å². The van der Waals surface area contributed by atoms with Crippen molar-refractivity contribution >= 4 is 15.9 Å². The van der Waals surface area contributed by atoms with Gasteiger partial charge in [0.05, 0.1) is 12.5 Å². The zero-order chi connectivity index (χ0) is 13.9. The number of nitrogens with zero attached hydrogens (tertiary/aromatic N) is 3. The summed E-state index contributed by atoms with van der Waals surface area (Å²) in [4.78, 5) is 13.9. The van der Waals surface area contributed by atoms with Crippen LogP contribution in [-0.2, 0) is 10.0 Å². The minimum atomic E-state index is -3.25. The molecule has 0 saturated carbocycles. The van der Waals surface area contributed by atoms with Gasteiger partial charge in [0.2, 0.25) is 10.0 Å². The maximum absolute atomic E-state index is 12.2. The Morgan fingerprint density at radius 2 is 2.37 bits per heavy atom. The van der Waals surface area contributed by atoms with Gasteiger partial charge in [-0.05, 0) is 19.3 Å². The third-order valence-corrected chi connectivity index (χ3v) is 3.79. The first kappa shape index (κ1) is 13.9. The van der Waals surface area contributed by atoms with E-state index in [2.05, 4.69) is 20.1 Å². The van der Waals surface area contributed by atoms with Crippen LogP contribution in [0.1, 0.15) is 29.8 Å². The van der Waals surface area contributed by atoms with E-state index in [4.69, 9.17) is 0 Å². The topological polar surface area (TPSA) is 108 Å². The number of rotatable bonds is 4. The quantitative estimate of drug-likeness (QED) is 0.765. The molecular weight excluding hydrogens is 270 g/mol. The Bertz CT molecular complexity index is 527. The van der Waals surface area contributed by atoms with Crippen LogP contribution in [-0.4, -0.2) is 60.0 Å². The predicted molar refractivity (Wildman–Crippen MR) is 67.9 cm³/mol. The summed E-state index contributed by atoms with van der Waals surface area (Å²) < 4.78 is 24.7. The molecule has 2 rings (SSSR count). The summed E-state index contributed by atoms with van der Waals surface area (Å²) in [6.45, 7) is 0.851. The molecule has 8 nitrogen and oxygen atoms in total. The zero-order valence-electron chi connectivity index (χ0n) is 10.7. The van der Waals surface area contributed by atoms with Crippen molar-refractivity contribution in [3.05, 3.63) is 11.9 Å². The van der Waals surface area contributed by atoms with E-state index in [0.717, 1.165) is 25.5 Å². The number of carbonyl (C=O) groups excluding carboxylic acids is 1. The summed E-state index contributed by atoms with van der Waals surface area (Å²) >= 11 is 0. The highest BCUT2D eigenvalue weighted by Crippen LogP contribution is 2.18. The van der Waals surface area contributed by atoms with Crippen LogP contribution in [0, 0.1) is 0 Å². The van der Waals surface area contributed by atoms with Gasteiger partial charge in [0.25, 0.3) is 5.91 Å². The molecule has 1 saturated heterocycles. The van der Waals surface area contributed by atoms with Crippen molar-refractivity contribution in [2.75, 3.05) is 19.3 Å². The van der Waals surface area contributed by atoms with E-state index in [9.17, 15) is 13.2 Å². The fourth-order valence-electron chi connectivity index (χ4n) is 2.18. The van der Waals surface area contributed by atoms with Crippen molar-refractivity contribution in [2.24, 2.45) is 0 Å². The standard InChI is InChI=1S/C10H17N5O3S/c1-19(17,18)12-6-8-4-2-3-5-15(8)10(16)9-7-11-14-13-9/h7-8,12H,2-6H2,1H3,(H,11,13,14). The van der Waals surface area contributed by atoms with Crippen molar-refractivity contribution in [2.45, 2.75) is 25.3 Å². The molecular formula is C10H17N5O3S. The fraction of sp³-hybridized carbons (Fsp3) is 0.700. The summed E-state index contributed by atoms with van der Waals surface area (Å²) in [6.07, 6.45) is 5.17. The first-order valence-corrected chi connectivity index (χ1v) is 7.98. The van der Waals surface area contributed by atoms with Crippen molar-refractivity contribution < 1.29 is 13.2 Å². The van der Waals surface area contributed by atoms with E-state index >= 15 is 0 Å². The third-order valence-electron chi connectivity index (χ3n) is 3.10. The van der Waals surface area contributed by atoms with Crippen LogP contribution < -0.4 is 4.72 Å². The number of likely N-dealkylation sites (tertiary alicyclic amines) is 1. The van der Waals surface area contributed by atoms with Gasteiger partial charge in [0.1, 0.15) is 0 Å². The van der Waals surface area contributed by atoms with Crippen LogP contribution in [0.25, 0.3) is 0 Å². The number of hydrogen-bond acceptors (Lipinski definition) is 5. The highest BCUT2D eigenvalue weighted by molar-refractivity contribution is 7.88. The summed E-state index contributed by atoms with van der Waals surface area (Å²) in [5.41, 5.74) is 0.256. The largest absolute Gasteiger partial charge is 0.333 e. The van der Waals surface area contributed by atoms with E-state index < -0.39 is 10.0 Å². The van der Waals surface area contributed by atoms with Gasteiger partial charge in [0.15, 0.2) is 5.69 Å². The normalized spacial score (nSPS) is 20.5. The van der Waals surface area contributed by atoms with Crippen LogP contribution in [0.15, 0.2) is 6.20 Å². The summed E-state index contributed by atoms with van der Waals surface area (Å²) in [6, 6.07) is -0.132. The van der Waals surface area contributed by atoms with Crippen LogP contribution >= 0.6 is 0 Å². The molecule has 0 spiro atoms. The molecule has 1 atom stereocenters. The third kappa shape index (κ3) is 3.74. The number of piperidine rings is 1. The molecule has 0 aliphatic carbocycles. The highest BCUT2D eigenvalue weighted by Gasteiger charge is 2.29. The number of hydrogen-bond donors (Lipinski definition) is 2. The Labute approximate surface area is 111 Å². The van der Waals surface area contributed by atoms with Gasteiger partial charge < -0.3 is 4.90 Å². The average molecular weight is 287 g/mol. The molecule has 1 aromatic rings. The maximum Gasteiger partial charge on any atom is 0.276 e. The number of nitrogens with one attached hydrogen (secondary N) is 2. The van der Waals surface area contributed by atoms with E-state index in [1.807, 2.05) is 0 Å². The van der Waals surface area contributed by atoms with Gasteiger partial charge in [-0.3, -0.25) is 4.79 Å². The molecule has 106 valence electrons. The number of H-pyrrole nitrogens is 1. The monoisotopic (exact) mass is 287 g/mol. The maximum atomic E-state index is 12.2. The van der Waals surface area contributed by atoms with Crippen molar-refractivity contribution in [1.82, 2.24) is 25.0 Å². The Kier molecular flexibility index (Phi) is 4.15. The number of sulfonamides is 1. The Hall–Kier alpha value is -1.48. The first-order valence-electron chi connectivity index (χ1n) is 6.09. The molecule has 1 unspecified atom stereocenters. The second-order valence-corrected chi connectivity index (χ2v) is 6.46. The smallest absolute Gasteiger partial charge is 0.276 e. The van der Waals surface area contributed by atoms with Gasteiger partial charge in [-0.2, -0.15) is 15.4 Å². The van der Waals surface area contributed by atoms with Crippen LogP contribution in [0.4, 0.5) is 0 Å². The van der Waals surface area contributed by atoms with Crippen LogP contribution in [0.5, 0.6) is 0 Å². The lowest BCUT2D eigenvalue weighted by Crippen LogP contribution is -2.49. The molecule has 1 aliphatic heterocycles. The molecule has 0 bridgehead atoms. The number of carbonyl (C=O) groups is 1. The lowest BCUT2D eigenvalue weighted by atomic mass is 10.0. The van der Waals surface area contributed by atoms with Crippen molar-refractivity contribution in [1.29, 1.82) is 0 Å². The van der Waals surface area contributed by atoms with Crippen molar-refractivity contribution in [3.8, 4) is 0 Å². The fourth-order valence-corrected chi connectivity index (χ4v) is 2.67. The molecule has 1 fully saturated rings. The molecule has 1 aliphatic rings. The predicted octanol–water partition coefficient (Wildman–Crippen LogP) is -0.651. The Balaban J connectivity index is 2.05. The minimum absolute atomic E-state index is 0.132. The molecule has 0 radical (unpaired) electrons. The number of aromatic amines is 1. The summed E-state index contributed by atoms with van der Waals surface area (Å²) in [5, 5.41) is 9.78. The van der Waals surface area contributed by atoms with E-state index in [-0.39, 0.29) is 24.2 Å². The minimum Gasteiger partial charge on any atom is -0.333 e. The number of aromatic nitrogens is 3. The summed E-state index contributed by atoms with van der Waals surface area (Å²) in [7, 11) is -3.25. The van der Waals surface area contributed by atoms with E-state index in [1.165, 1.54) is 6.20 Å². The van der Waals surface area contributed by atoms with Crippen molar-refractivity contribution in [3.63, 3.8) is 0 Å². The van der Waals surface area contributed by atoms with E-state index in [1.54, 1.807) is 4.90 Å². The molecule has 9 heteroatoms. The van der Waals surface area contributed by atoms with Gasteiger partial charge >= 0.3 is 0 Å². The van der Waals surface area contributed by atoms with Gasteiger partial charge in [-0.15, -0.1) is 0 Å². The lowest BCUT2D eigenvalue weighted by molar-refractivity contribution is 0.0612. The molecule has 2 N–H and O–H groups in total. The first-order chi connectivity index (χ1) is 8.97. The summed E-state index contributed by atoms with van der Waals surface area (Å²) in [5.74, 6) is -0.214. The lowest BCUT2D eigenvalue weighted by Gasteiger charge is -2.35. The van der Waals surface area contributed by atoms with Gasteiger partial charge in [-0.25, -0.2) is 13.1 Å². The average Bonchev–Trinajstić information content (AvgIpc) is 2.89. The van der Waals surface area contributed by atoms with E-state index in [0.29, 0.717) is 6.54 Å². The molecule has 2 heterocycles. The molecule has 19 heavy (non-hydrogen) atoms. The second-order valence-electron chi connectivity index (χ2n) is 4.62. The molecule has 1 aromatic heterocycles. The Morgan fingerprint density at radius 3 is 3.00 bits per heavy atom. The second kappa shape index (κ2) is 5.66. The van der Waals surface area contributed by atoms with Gasteiger partial charge in [0, 0.05) is 19.1 Å². The van der Waals surface area contributed by atoms with Crippen LogP contribution in [0.2, 0.25) is 0 Å². The SMILES string of the molecule is CS(=O)(=O)NCC1CCCCN1C(=O)c1cn[nH]n1. The Morgan fingerprint density at radius 1 is 1.58 bits per heavy atom. The highest BCUT2D eigenvalue weighted by atomic mass is 32.2.